The molecule has 1 aromatic carbocycles. The first-order valence-electron chi connectivity index (χ1n) is 5.94. The van der Waals surface area contributed by atoms with Crippen LogP contribution in [0.4, 0.5) is 4.39 Å². The Morgan fingerprint density at radius 2 is 2.22 bits per heavy atom. The predicted octanol–water partition coefficient (Wildman–Crippen LogP) is 3.85. The second-order valence-corrected chi connectivity index (χ2v) is 5.18. The van der Waals surface area contributed by atoms with Crippen molar-refractivity contribution in [3.8, 4) is 0 Å². The molecule has 4 heteroatoms. The van der Waals surface area contributed by atoms with E-state index in [1.807, 2.05) is 18.3 Å². The third-order valence-electron chi connectivity index (χ3n) is 2.97. The summed E-state index contributed by atoms with van der Waals surface area (Å²) in [6.07, 6.45) is 2.96. The molecule has 0 saturated carbocycles. The van der Waals surface area contributed by atoms with Gasteiger partial charge in [0, 0.05) is 22.5 Å². The van der Waals surface area contributed by atoms with Gasteiger partial charge in [-0.1, -0.05) is 6.92 Å². The molecular weight excluding hydrogens is 247 g/mol. The Bertz CT molecular complexity index is 684. The summed E-state index contributed by atoms with van der Waals surface area (Å²) in [7, 11) is 0. The van der Waals surface area contributed by atoms with Crippen LogP contribution in [-0.4, -0.2) is 9.55 Å². The molecule has 0 N–H and O–H groups in total. The molecule has 0 aliphatic heterocycles. The summed E-state index contributed by atoms with van der Waals surface area (Å²) in [6, 6.07) is 6.81. The molecule has 3 rings (SSSR count). The molecule has 0 fully saturated rings. The monoisotopic (exact) mass is 260 g/mol. The smallest absolute Gasteiger partial charge is 0.123 e. The summed E-state index contributed by atoms with van der Waals surface area (Å²) in [4.78, 5) is 4.55. The number of halogens is 1. The molecule has 92 valence electrons. The van der Waals surface area contributed by atoms with Gasteiger partial charge in [-0.05, 0) is 30.7 Å². The molecule has 0 aliphatic carbocycles. The lowest BCUT2D eigenvalue weighted by atomic mass is 10.2. The van der Waals surface area contributed by atoms with Gasteiger partial charge in [-0.2, -0.15) is 0 Å². The normalized spacial score (nSPS) is 11.2. The summed E-state index contributed by atoms with van der Waals surface area (Å²) in [5.41, 5.74) is 2.11. The average molecular weight is 260 g/mol. The summed E-state index contributed by atoms with van der Waals surface area (Å²) < 4.78 is 15.2. The molecule has 0 atom stereocenters. The van der Waals surface area contributed by atoms with Crippen LogP contribution in [0.3, 0.4) is 0 Å². The summed E-state index contributed by atoms with van der Waals surface area (Å²) >= 11 is 1.69. The number of hydrogen-bond donors (Lipinski definition) is 0. The Kier molecular flexibility index (Phi) is 2.88. The van der Waals surface area contributed by atoms with Gasteiger partial charge < -0.3 is 4.57 Å². The van der Waals surface area contributed by atoms with Crippen molar-refractivity contribution in [1.82, 2.24) is 9.55 Å². The van der Waals surface area contributed by atoms with Crippen LogP contribution in [0, 0.1) is 5.82 Å². The van der Waals surface area contributed by atoms with E-state index in [-0.39, 0.29) is 5.82 Å². The van der Waals surface area contributed by atoms with E-state index in [4.69, 9.17) is 0 Å². The predicted molar refractivity (Wildman–Crippen MR) is 72.5 cm³/mol. The Morgan fingerprint density at radius 1 is 1.33 bits per heavy atom. The molecule has 18 heavy (non-hydrogen) atoms. The number of rotatable bonds is 3. The molecule has 0 spiro atoms. The average Bonchev–Trinajstić information content (AvgIpc) is 2.97. The first-order valence-corrected chi connectivity index (χ1v) is 6.82. The Labute approximate surface area is 109 Å². The molecule has 3 aromatic rings. The quantitative estimate of drug-likeness (QED) is 0.699. The van der Waals surface area contributed by atoms with E-state index in [9.17, 15) is 4.39 Å². The van der Waals surface area contributed by atoms with Gasteiger partial charge in [0.15, 0.2) is 0 Å². The Morgan fingerprint density at radius 3 is 3.00 bits per heavy atom. The maximum Gasteiger partial charge on any atom is 0.123 e. The van der Waals surface area contributed by atoms with Gasteiger partial charge in [0.05, 0.1) is 17.2 Å². The van der Waals surface area contributed by atoms with Gasteiger partial charge in [0.2, 0.25) is 0 Å². The number of thiazole rings is 1. The van der Waals surface area contributed by atoms with Gasteiger partial charge >= 0.3 is 0 Å². The molecule has 2 nitrogen and oxygen atoms in total. The van der Waals surface area contributed by atoms with Crippen molar-refractivity contribution in [3.05, 3.63) is 52.4 Å². The van der Waals surface area contributed by atoms with Crippen molar-refractivity contribution in [2.45, 2.75) is 19.9 Å². The third-order valence-corrected chi connectivity index (χ3v) is 4.01. The third kappa shape index (κ3) is 2.04. The molecule has 0 saturated heterocycles. The highest BCUT2D eigenvalue weighted by molar-refractivity contribution is 7.09. The number of benzene rings is 1. The lowest BCUT2D eigenvalue weighted by Gasteiger charge is -2.02. The van der Waals surface area contributed by atoms with Gasteiger partial charge in [-0.3, -0.25) is 0 Å². The zero-order chi connectivity index (χ0) is 12.5. The lowest BCUT2D eigenvalue weighted by Crippen LogP contribution is -1.98. The van der Waals surface area contributed by atoms with Crippen molar-refractivity contribution in [1.29, 1.82) is 0 Å². The van der Waals surface area contributed by atoms with Gasteiger partial charge in [0.1, 0.15) is 5.82 Å². The first kappa shape index (κ1) is 11.4. The zero-order valence-electron chi connectivity index (χ0n) is 10.1. The number of aromatic nitrogens is 2. The molecule has 2 aromatic heterocycles. The highest BCUT2D eigenvalue weighted by Crippen LogP contribution is 2.19. The van der Waals surface area contributed by atoms with Gasteiger partial charge in [-0.15, -0.1) is 11.3 Å². The molecule has 0 bridgehead atoms. The molecule has 0 amide bonds. The SMILES string of the molecule is CCc1nc(Cn2ccc3cc(F)ccc32)cs1. The summed E-state index contributed by atoms with van der Waals surface area (Å²) in [5, 5.41) is 4.18. The minimum Gasteiger partial charge on any atom is -0.341 e. The fraction of sp³-hybridized carbons (Fsp3) is 0.214. The van der Waals surface area contributed by atoms with Gasteiger partial charge in [-0.25, -0.2) is 9.37 Å². The van der Waals surface area contributed by atoms with E-state index < -0.39 is 0 Å². The maximum atomic E-state index is 13.1. The van der Waals surface area contributed by atoms with E-state index >= 15 is 0 Å². The van der Waals surface area contributed by atoms with E-state index in [2.05, 4.69) is 21.9 Å². The highest BCUT2D eigenvalue weighted by Gasteiger charge is 2.05. The minimum absolute atomic E-state index is 0.192. The Hall–Kier alpha value is -1.68. The van der Waals surface area contributed by atoms with Crippen LogP contribution >= 0.6 is 11.3 Å². The van der Waals surface area contributed by atoms with Crippen LogP contribution in [-0.2, 0) is 13.0 Å². The topological polar surface area (TPSA) is 17.8 Å². The fourth-order valence-corrected chi connectivity index (χ4v) is 2.80. The van der Waals surface area contributed by atoms with E-state index in [0.29, 0.717) is 0 Å². The van der Waals surface area contributed by atoms with E-state index in [1.165, 1.54) is 6.07 Å². The molecule has 0 unspecified atom stereocenters. The highest BCUT2D eigenvalue weighted by atomic mass is 32.1. The molecule has 2 heterocycles. The van der Waals surface area contributed by atoms with E-state index in [0.717, 1.165) is 34.6 Å². The summed E-state index contributed by atoms with van der Waals surface area (Å²) in [5.74, 6) is -0.192. The number of hydrogen-bond acceptors (Lipinski definition) is 2. The minimum atomic E-state index is -0.192. The number of aryl methyl sites for hydroxylation is 1. The second-order valence-electron chi connectivity index (χ2n) is 4.23. The number of fused-ring (bicyclic) bond motifs is 1. The van der Waals surface area contributed by atoms with Crippen LogP contribution in [0.1, 0.15) is 17.6 Å². The van der Waals surface area contributed by atoms with Crippen LogP contribution in [0.5, 0.6) is 0 Å². The van der Waals surface area contributed by atoms with Crippen LogP contribution in [0.15, 0.2) is 35.8 Å². The summed E-state index contributed by atoms with van der Waals surface area (Å²) in [6.45, 7) is 2.85. The van der Waals surface area contributed by atoms with Crippen molar-refractivity contribution in [2.24, 2.45) is 0 Å². The molecule has 0 aliphatic rings. The largest absolute Gasteiger partial charge is 0.341 e. The zero-order valence-corrected chi connectivity index (χ0v) is 10.9. The standard InChI is InChI=1S/C14H13FN2S/c1-2-14-16-12(9-18-14)8-17-6-5-10-7-11(15)3-4-13(10)17/h3-7,9H,2,8H2,1H3. The van der Waals surface area contributed by atoms with Crippen LogP contribution in [0.25, 0.3) is 10.9 Å². The molecular formula is C14H13FN2S. The van der Waals surface area contributed by atoms with Crippen LogP contribution in [0.2, 0.25) is 0 Å². The van der Waals surface area contributed by atoms with Crippen molar-refractivity contribution in [2.75, 3.05) is 0 Å². The van der Waals surface area contributed by atoms with Gasteiger partial charge in [0.25, 0.3) is 0 Å². The lowest BCUT2D eigenvalue weighted by molar-refractivity contribution is 0.629. The Balaban J connectivity index is 1.95. The second kappa shape index (κ2) is 4.53. The molecule has 0 radical (unpaired) electrons. The van der Waals surface area contributed by atoms with Crippen molar-refractivity contribution < 1.29 is 4.39 Å². The van der Waals surface area contributed by atoms with Crippen molar-refractivity contribution in [3.63, 3.8) is 0 Å². The first-order chi connectivity index (χ1) is 8.76. The maximum absolute atomic E-state index is 13.1. The van der Waals surface area contributed by atoms with E-state index in [1.54, 1.807) is 17.4 Å². The number of nitrogens with zero attached hydrogens (tertiary/aromatic N) is 2. The van der Waals surface area contributed by atoms with Crippen molar-refractivity contribution >= 4 is 22.2 Å². The van der Waals surface area contributed by atoms with Crippen LogP contribution < -0.4 is 0 Å². The fourth-order valence-electron chi connectivity index (χ4n) is 2.07.